The maximum absolute atomic E-state index is 11.3. The van der Waals surface area contributed by atoms with E-state index in [2.05, 4.69) is 15.3 Å². The summed E-state index contributed by atoms with van der Waals surface area (Å²) in [5.41, 5.74) is 4.48. The first kappa shape index (κ1) is 14.7. The highest BCUT2D eigenvalue weighted by atomic mass is 32.2. The molecule has 100 valence electrons. The van der Waals surface area contributed by atoms with Crippen LogP contribution in [-0.2, 0) is 4.79 Å². The fourth-order valence-electron chi connectivity index (χ4n) is 1.39. The van der Waals surface area contributed by atoms with Gasteiger partial charge in [0.15, 0.2) is 5.16 Å². The molecule has 1 heterocycles. The Balaban J connectivity index is 2.39. The monoisotopic (exact) mass is 270 g/mol. The van der Waals surface area contributed by atoms with E-state index in [9.17, 15) is 9.59 Å². The Bertz CT molecular complexity index is 462. The minimum absolute atomic E-state index is 0.162. The Kier molecular flexibility index (Phi) is 5.36. The van der Waals surface area contributed by atoms with Gasteiger partial charge in [0, 0.05) is 18.0 Å². The number of rotatable bonds is 7. The van der Waals surface area contributed by atoms with E-state index in [1.54, 1.807) is 14.0 Å². The van der Waals surface area contributed by atoms with Crippen molar-refractivity contribution in [3.8, 4) is 0 Å². The molecule has 0 radical (unpaired) electrons. The van der Waals surface area contributed by atoms with Crippen molar-refractivity contribution in [2.24, 2.45) is 5.73 Å². The lowest BCUT2D eigenvalue weighted by molar-refractivity contribution is -0.123. The van der Waals surface area contributed by atoms with Gasteiger partial charge in [0.05, 0.1) is 5.54 Å². The van der Waals surface area contributed by atoms with Crippen molar-refractivity contribution in [3.05, 3.63) is 22.6 Å². The summed E-state index contributed by atoms with van der Waals surface area (Å²) >= 11 is 1.45. The Morgan fingerprint density at radius 3 is 2.94 bits per heavy atom. The van der Waals surface area contributed by atoms with E-state index < -0.39 is 5.54 Å². The van der Waals surface area contributed by atoms with Crippen LogP contribution in [0.15, 0.2) is 22.2 Å². The number of H-pyrrole nitrogens is 1. The van der Waals surface area contributed by atoms with Gasteiger partial charge >= 0.3 is 0 Å². The molecule has 0 spiro atoms. The predicted octanol–water partition coefficient (Wildman–Crippen LogP) is 0.106. The fraction of sp³-hybridized carbons (Fsp3) is 0.545. The first-order valence-electron chi connectivity index (χ1n) is 5.65. The summed E-state index contributed by atoms with van der Waals surface area (Å²) < 4.78 is 0. The first-order valence-corrected chi connectivity index (χ1v) is 6.63. The summed E-state index contributed by atoms with van der Waals surface area (Å²) in [7, 11) is 1.72. The van der Waals surface area contributed by atoms with Crippen LogP contribution in [0.4, 0.5) is 0 Å². The van der Waals surface area contributed by atoms with Crippen LogP contribution in [0.25, 0.3) is 0 Å². The number of carbonyl (C=O) groups is 1. The molecule has 0 saturated heterocycles. The number of amides is 1. The molecular formula is C11H18N4O2S. The molecule has 18 heavy (non-hydrogen) atoms. The van der Waals surface area contributed by atoms with E-state index in [-0.39, 0.29) is 11.5 Å². The third kappa shape index (κ3) is 4.15. The second-order valence-corrected chi connectivity index (χ2v) is 5.22. The largest absolute Gasteiger partial charge is 0.368 e. The van der Waals surface area contributed by atoms with Crippen molar-refractivity contribution < 1.29 is 4.79 Å². The van der Waals surface area contributed by atoms with Crippen LogP contribution in [-0.4, -0.2) is 34.2 Å². The summed E-state index contributed by atoms with van der Waals surface area (Å²) in [6, 6.07) is 1.37. The Hall–Kier alpha value is -1.34. The Morgan fingerprint density at radius 1 is 1.67 bits per heavy atom. The van der Waals surface area contributed by atoms with Gasteiger partial charge in [-0.05, 0) is 26.8 Å². The summed E-state index contributed by atoms with van der Waals surface area (Å²) in [5.74, 6) is 0.401. The van der Waals surface area contributed by atoms with Crippen LogP contribution in [0, 0.1) is 0 Å². The summed E-state index contributed by atoms with van der Waals surface area (Å²) in [6.45, 7) is 1.78. The molecule has 1 amide bonds. The number of thioether (sulfide) groups is 1. The van der Waals surface area contributed by atoms with Gasteiger partial charge in [-0.25, -0.2) is 4.98 Å². The number of likely N-dealkylation sites (N-methyl/N-ethyl adjacent to an activating group) is 1. The highest BCUT2D eigenvalue weighted by molar-refractivity contribution is 7.99. The van der Waals surface area contributed by atoms with E-state index in [4.69, 9.17) is 5.73 Å². The molecule has 0 aliphatic heterocycles. The number of nitrogens with two attached hydrogens (primary N) is 1. The molecule has 0 fully saturated rings. The van der Waals surface area contributed by atoms with Crippen LogP contribution < -0.4 is 16.6 Å². The van der Waals surface area contributed by atoms with Crippen LogP contribution in [0.2, 0.25) is 0 Å². The van der Waals surface area contributed by atoms with E-state index in [1.807, 2.05) is 0 Å². The van der Waals surface area contributed by atoms with Gasteiger partial charge in [0.2, 0.25) is 5.91 Å². The van der Waals surface area contributed by atoms with Gasteiger partial charge < -0.3 is 16.0 Å². The minimum Gasteiger partial charge on any atom is -0.368 e. The number of hydrogen-bond acceptors (Lipinski definition) is 5. The van der Waals surface area contributed by atoms with Crippen molar-refractivity contribution in [1.82, 2.24) is 15.3 Å². The second-order valence-electron chi connectivity index (χ2n) is 4.14. The van der Waals surface area contributed by atoms with Gasteiger partial charge in [0.1, 0.15) is 0 Å². The van der Waals surface area contributed by atoms with Crippen LogP contribution in [0.5, 0.6) is 0 Å². The van der Waals surface area contributed by atoms with E-state index >= 15 is 0 Å². The molecule has 1 aromatic rings. The third-order valence-corrected chi connectivity index (χ3v) is 3.78. The third-order valence-electron chi connectivity index (χ3n) is 2.80. The zero-order valence-electron chi connectivity index (χ0n) is 10.5. The molecule has 1 unspecified atom stereocenters. The Morgan fingerprint density at radius 2 is 2.39 bits per heavy atom. The van der Waals surface area contributed by atoms with Gasteiger partial charge in [0.25, 0.3) is 5.56 Å². The van der Waals surface area contributed by atoms with Crippen LogP contribution in [0.3, 0.4) is 0 Å². The number of hydrogen-bond donors (Lipinski definition) is 3. The number of aromatic nitrogens is 2. The van der Waals surface area contributed by atoms with Crippen molar-refractivity contribution in [2.75, 3.05) is 12.8 Å². The minimum atomic E-state index is -0.682. The molecule has 1 atom stereocenters. The quantitative estimate of drug-likeness (QED) is 0.371. The van der Waals surface area contributed by atoms with Gasteiger partial charge in [-0.15, -0.1) is 0 Å². The van der Waals surface area contributed by atoms with Gasteiger partial charge in [-0.3, -0.25) is 9.59 Å². The standard InChI is InChI=1S/C11H18N4O2S/c1-11(13-2,9(12)17)5-3-7-18-10-14-6-4-8(16)15-10/h4,6,13H,3,5,7H2,1-2H3,(H2,12,17)(H,14,15,16). The van der Waals surface area contributed by atoms with Gasteiger partial charge in [-0.2, -0.15) is 0 Å². The maximum Gasteiger partial charge on any atom is 0.251 e. The number of nitrogens with zero attached hydrogens (tertiary/aromatic N) is 1. The molecule has 4 N–H and O–H groups in total. The fourth-order valence-corrected chi connectivity index (χ4v) is 2.18. The molecular weight excluding hydrogens is 252 g/mol. The Labute approximate surface area is 110 Å². The molecule has 6 nitrogen and oxygen atoms in total. The van der Waals surface area contributed by atoms with Crippen molar-refractivity contribution in [2.45, 2.75) is 30.5 Å². The number of primary amides is 1. The van der Waals surface area contributed by atoms with Crippen LogP contribution in [0.1, 0.15) is 19.8 Å². The number of carbonyl (C=O) groups excluding carboxylic acids is 1. The molecule has 7 heteroatoms. The summed E-state index contributed by atoms with van der Waals surface area (Å²) in [4.78, 5) is 29.0. The smallest absolute Gasteiger partial charge is 0.251 e. The highest BCUT2D eigenvalue weighted by Gasteiger charge is 2.27. The number of nitrogens with one attached hydrogen (secondary N) is 2. The van der Waals surface area contributed by atoms with E-state index in [0.29, 0.717) is 11.6 Å². The highest BCUT2D eigenvalue weighted by Crippen LogP contribution is 2.17. The average molecular weight is 270 g/mol. The molecule has 1 rings (SSSR count). The molecule has 0 aromatic carbocycles. The lowest BCUT2D eigenvalue weighted by Gasteiger charge is -2.25. The average Bonchev–Trinajstić information content (AvgIpc) is 2.34. The SMILES string of the molecule is CNC(C)(CCCSc1nccc(=O)[nH]1)C(N)=O. The lowest BCUT2D eigenvalue weighted by Crippen LogP contribution is -2.51. The topological polar surface area (TPSA) is 101 Å². The zero-order chi connectivity index (χ0) is 13.6. The summed E-state index contributed by atoms with van der Waals surface area (Å²) in [6.07, 6.45) is 2.91. The molecule has 1 aromatic heterocycles. The van der Waals surface area contributed by atoms with E-state index in [1.165, 1.54) is 24.0 Å². The van der Waals surface area contributed by atoms with Crippen molar-refractivity contribution in [1.29, 1.82) is 0 Å². The first-order chi connectivity index (χ1) is 8.48. The molecule has 0 saturated carbocycles. The zero-order valence-corrected chi connectivity index (χ0v) is 11.3. The molecule has 0 bridgehead atoms. The lowest BCUT2D eigenvalue weighted by atomic mass is 9.96. The van der Waals surface area contributed by atoms with Crippen LogP contribution >= 0.6 is 11.8 Å². The maximum atomic E-state index is 11.3. The normalized spacial score (nSPS) is 14.1. The second kappa shape index (κ2) is 6.55. The van der Waals surface area contributed by atoms with Crippen molar-refractivity contribution >= 4 is 17.7 Å². The van der Waals surface area contributed by atoms with E-state index in [0.717, 1.165) is 12.2 Å². The number of aromatic amines is 1. The molecule has 0 aliphatic rings. The van der Waals surface area contributed by atoms with Crippen molar-refractivity contribution in [3.63, 3.8) is 0 Å². The molecule has 0 aliphatic carbocycles. The predicted molar refractivity (Wildman–Crippen MR) is 71.5 cm³/mol. The summed E-state index contributed by atoms with van der Waals surface area (Å²) in [5, 5.41) is 3.52. The van der Waals surface area contributed by atoms with Gasteiger partial charge in [-0.1, -0.05) is 11.8 Å².